The highest BCUT2D eigenvalue weighted by Gasteiger charge is 2.15. The van der Waals surface area contributed by atoms with Gasteiger partial charge in [0.2, 0.25) is 0 Å². The molecule has 0 saturated heterocycles. The Hall–Kier alpha value is -1.42. The lowest BCUT2D eigenvalue weighted by atomic mass is 10.1. The lowest BCUT2D eigenvalue weighted by Crippen LogP contribution is -2.32. The fraction of sp³-hybridized carbons (Fsp3) is 0.923. The zero-order valence-corrected chi connectivity index (χ0v) is 12.3. The SMILES string of the molecule is CC(C)(C)OC(=O)NCCCCCCCCN=[N+]=[N-]. The first kappa shape index (κ1) is 17.6. The van der Waals surface area contributed by atoms with Gasteiger partial charge in [-0.3, -0.25) is 0 Å². The van der Waals surface area contributed by atoms with Crippen molar-refractivity contribution in [1.29, 1.82) is 0 Å². The molecule has 0 aliphatic heterocycles. The topological polar surface area (TPSA) is 87.1 Å². The van der Waals surface area contributed by atoms with E-state index < -0.39 is 5.60 Å². The van der Waals surface area contributed by atoms with Crippen molar-refractivity contribution in [2.45, 2.75) is 64.9 Å². The largest absolute Gasteiger partial charge is 0.444 e. The van der Waals surface area contributed by atoms with E-state index in [1.54, 1.807) is 0 Å². The molecule has 0 aliphatic carbocycles. The molecule has 1 N–H and O–H groups in total. The summed E-state index contributed by atoms with van der Waals surface area (Å²) in [6, 6.07) is 0. The third-order valence-corrected chi connectivity index (χ3v) is 2.42. The number of rotatable bonds is 9. The van der Waals surface area contributed by atoms with Gasteiger partial charge in [0.25, 0.3) is 0 Å². The van der Waals surface area contributed by atoms with Crippen LogP contribution in [0.1, 0.15) is 59.3 Å². The molecule has 0 aromatic rings. The maximum Gasteiger partial charge on any atom is 0.407 e. The number of carbonyl (C=O) groups is 1. The van der Waals surface area contributed by atoms with Gasteiger partial charge in [0.05, 0.1) is 0 Å². The van der Waals surface area contributed by atoms with Gasteiger partial charge in [0.15, 0.2) is 0 Å². The van der Waals surface area contributed by atoms with E-state index in [0.29, 0.717) is 13.1 Å². The number of amides is 1. The quantitative estimate of drug-likeness (QED) is 0.295. The number of azide groups is 1. The van der Waals surface area contributed by atoms with E-state index >= 15 is 0 Å². The first-order valence-electron chi connectivity index (χ1n) is 6.93. The first-order valence-corrected chi connectivity index (χ1v) is 6.93. The van der Waals surface area contributed by atoms with Gasteiger partial charge in [-0.2, -0.15) is 0 Å². The van der Waals surface area contributed by atoms with Gasteiger partial charge in [-0.1, -0.05) is 30.8 Å². The van der Waals surface area contributed by atoms with E-state index in [4.69, 9.17) is 10.3 Å². The van der Waals surface area contributed by atoms with E-state index in [2.05, 4.69) is 15.3 Å². The zero-order valence-electron chi connectivity index (χ0n) is 12.3. The fourth-order valence-corrected chi connectivity index (χ4v) is 1.56. The van der Waals surface area contributed by atoms with Crippen molar-refractivity contribution in [1.82, 2.24) is 5.32 Å². The highest BCUT2D eigenvalue weighted by atomic mass is 16.6. The molecule has 6 nitrogen and oxygen atoms in total. The lowest BCUT2D eigenvalue weighted by Gasteiger charge is -2.19. The summed E-state index contributed by atoms with van der Waals surface area (Å²) in [4.78, 5) is 14.0. The van der Waals surface area contributed by atoms with Gasteiger partial charge in [0, 0.05) is 18.0 Å². The Bertz CT molecular complexity index is 294. The second kappa shape index (κ2) is 10.5. The molecule has 0 fully saturated rings. The van der Waals surface area contributed by atoms with Crippen LogP contribution in [0.4, 0.5) is 4.79 Å². The van der Waals surface area contributed by atoms with E-state index in [1.165, 1.54) is 0 Å². The van der Waals surface area contributed by atoms with Gasteiger partial charge >= 0.3 is 6.09 Å². The van der Waals surface area contributed by atoms with Crippen LogP contribution in [0.25, 0.3) is 10.4 Å². The zero-order chi connectivity index (χ0) is 14.6. The number of hydrogen-bond acceptors (Lipinski definition) is 3. The van der Waals surface area contributed by atoms with Crippen LogP contribution in [-0.4, -0.2) is 24.8 Å². The van der Waals surface area contributed by atoms with Crippen molar-refractivity contribution in [3.05, 3.63) is 10.4 Å². The summed E-state index contributed by atoms with van der Waals surface area (Å²) < 4.78 is 5.13. The number of unbranched alkanes of at least 4 members (excludes halogenated alkanes) is 5. The molecular formula is C13H26N4O2. The minimum Gasteiger partial charge on any atom is -0.444 e. The van der Waals surface area contributed by atoms with E-state index in [0.717, 1.165) is 38.5 Å². The molecule has 0 rings (SSSR count). The highest BCUT2D eigenvalue weighted by Crippen LogP contribution is 2.07. The van der Waals surface area contributed by atoms with Crippen LogP contribution in [0.3, 0.4) is 0 Å². The van der Waals surface area contributed by atoms with Crippen molar-refractivity contribution in [2.24, 2.45) is 5.11 Å². The van der Waals surface area contributed by atoms with Crippen LogP contribution >= 0.6 is 0 Å². The molecule has 0 bridgehead atoms. The molecule has 0 radical (unpaired) electrons. The van der Waals surface area contributed by atoms with Gasteiger partial charge in [-0.05, 0) is 39.1 Å². The van der Waals surface area contributed by atoms with Crippen LogP contribution < -0.4 is 5.32 Å². The van der Waals surface area contributed by atoms with Gasteiger partial charge in [-0.15, -0.1) is 0 Å². The van der Waals surface area contributed by atoms with Gasteiger partial charge in [-0.25, -0.2) is 4.79 Å². The van der Waals surface area contributed by atoms with Crippen LogP contribution in [-0.2, 0) is 4.74 Å². The maximum absolute atomic E-state index is 11.3. The number of nitrogens with zero attached hydrogens (tertiary/aromatic N) is 3. The summed E-state index contributed by atoms with van der Waals surface area (Å²) in [5, 5.41) is 6.23. The maximum atomic E-state index is 11.3. The summed E-state index contributed by atoms with van der Waals surface area (Å²) in [7, 11) is 0. The van der Waals surface area contributed by atoms with Crippen molar-refractivity contribution in [3.8, 4) is 0 Å². The second-order valence-electron chi connectivity index (χ2n) is 5.50. The van der Waals surface area contributed by atoms with E-state index in [1.807, 2.05) is 20.8 Å². The number of hydrogen-bond donors (Lipinski definition) is 1. The van der Waals surface area contributed by atoms with Crippen LogP contribution in [0.5, 0.6) is 0 Å². The molecule has 0 spiro atoms. The molecule has 19 heavy (non-hydrogen) atoms. The molecule has 0 unspecified atom stereocenters. The molecule has 1 amide bonds. The molecular weight excluding hydrogens is 244 g/mol. The molecule has 0 saturated carbocycles. The average molecular weight is 270 g/mol. The molecule has 0 heterocycles. The number of carbonyl (C=O) groups excluding carboxylic acids is 1. The monoisotopic (exact) mass is 270 g/mol. The Morgan fingerprint density at radius 3 is 2.32 bits per heavy atom. The minimum absolute atomic E-state index is 0.345. The van der Waals surface area contributed by atoms with Crippen LogP contribution in [0.2, 0.25) is 0 Å². The fourth-order valence-electron chi connectivity index (χ4n) is 1.56. The molecule has 0 aromatic carbocycles. The number of alkyl carbamates (subject to hydrolysis) is 1. The summed E-state index contributed by atoms with van der Waals surface area (Å²) in [5.74, 6) is 0. The molecule has 0 aromatic heterocycles. The summed E-state index contributed by atoms with van der Waals surface area (Å²) in [6.45, 7) is 6.80. The second-order valence-corrected chi connectivity index (χ2v) is 5.50. The Kier molecular flexibility index (Phi) is 9.71. The number of ether oxygens (including phenoxy) is 1. The third kappa shape index (κ3) is 14.5. The predicted molar refractivity (Wildman–Crippen MR) is 76.0 cm³/mol. The molecule has 0 atom stereocenters. The van der Waals surface area contributed by atoms with Crippen LogP contribution in [0, 0.1) is 0 Å². The Morgan fingerprint density at radius 1 is 1.16 bits per heavy atom. The predicted octanol–water partition coefficient (Wildman–Crippen LogP) is 4.16. The summed E-state index contributed by atoms with van der Waals surface area (Å²) in [6.07, 6.45) is 6.06. The summed E-state index contributed by atoms with van der Waals surface area (Å²) in [5.41, 5.74) is 7.66. The third-order valence-electron chi connectivity index (χ3n) is 2.42. The lowest BCUT2D eigenvalue weighted by molar-refractivity contribution is 0.0527. The first-order chi connectivity index (χ1) is 8.95. The van der Waals surface area contributed by atoms with Crippen LogP contribution in [0.15, 0.2) is 5.11 Å². The molecule has 110 valence electrons. The Labute approximate surface area is 115 Å². The van der Waals surface area contributed by atoms with Crippen molar-refractivity contribution < 1.29 is 9.53 Å². The van der Waals surface area contributed by atoms with E-state index in [9.17, 15) is 4.79 Å². The normalized spacial score (nSPS) is 10.7. The van der Waals surface area contributed by atoms with Gasteiger partial charge in [0.1, 0.15) is 5.60 Å². The summed E-state index contributed by atoms with van der Waals surface area (Å²) >= 11 is 0. The smallest absolute Gasteiger partial charge is 0.407 e. The Balaban J connectivity index is 3.27. The molecule has 6 heteroatoms. The van der Waals surface area contributed by atoms with Crippen molar-refractivity contribution >= 4 is 6.09 Å². The molecule has 0 aliphatic rings. The standard InChI is InChI=1S/C13H26N4O2/c1-13(2,3)19-12(18)15-10-8-6-4-5-7-9-11-16-17-14/h4-11H2,1-3H3,(H,15,18). The van der Waals surface area contributed by atoms with Crippen molar-refractivity contribution in [2.75, 3.05) is 13.1 Å². The van der Waals surface area contributed by atoms with Crippen molar-refractivity contribution in [3.63, 3.8) is 0 Å². The minimum atomic E-state index is -0.435. The van der Waals surface area contributed by atoms with Gasteiger partial charge < -0.3 is 10.1 Å². The number of nitrogens with one attached hydrogen (secondary N) is 1. The average Bonchev–Trinajstić information content (AvgIpc) is 2.29. The Morgan fingerprint density at radius 2 is 1.74 bits per heavy atom. The highest BCUT2D eigenvalue weighted by molar-refractivity contribution is 5.67. The van der Waals surface area contributed by atoms with E-state index in [-0.39, 0.29) is 6.09 Å².